The van der Waals surface area contributed by atoms with E-state index < -0.39 is 0 Å². The van der Waals surface area contributed by atoms with E-state index in [-0.39, 0.29) is 5.41 Å². The third kappa shape index (κ3) is 2.57. The SMILES string of the molecule is CC(C)(C)C1=CCC(Cc2cccc3c2Cc2ccccc2-3)=C1. The zero-order chi connectivity index (χ0) is 16.0. The van der Waals surface area contributed by atoms with Crippen LogP contribution in [0.3, 0.4) is 0 Å². The van der Waals surface area contributed by atoms with E-state index >= 15 is 0 Å². The van der Waals surface area contributed by atoms with Crippen LogP contribution in [0.25, 0.3) is 11.1 Å². The smallest absolute Gasteiger partial charge is 0.00106 e. The quantitative estimate of drug-likeness (QED) is 0.536. The Bertz CT molecular complexity index is 825. The fraction of sp³-hybridized carbons (Fsp3) is 0.304. The van der Waals surface area contributed by atoms with Crippen LogP contribution in [0, 0.1) is 5.41 Å². The fourth-order valence-corrected chi connectivity index (χ4v) is 3.86. The van der Waals surface area contributed by atoms with Crippen molar-refractivity contribution in [1.29, 1.82) is 0 Å². The summed E-state index contributed by atoms with van der Waals surface area (Å²) >= 11 is 0. The van der Waals surface area contributed by atoms with Gasteiger partial charge in [-0.3, -0.25) is 0 Å². The van der Waals surface area contributed by atoms with Gasteiger partial charge in [-0.15, -0.1) is 0 Å². The second kappa shape index (κ2) is 5.23. The summed E-state index contributed by atoms with van der Waals surface area (Å²) in [6.45, 7) is 6.90. The lowest BCUT2D eigenvalue weighted by atomic mass is 9.87. The number of fused-ring (bicyclic) bond motifs is 3. The molecule has 0 heterocycles. The van der Waals surface area contributed by atoms with Gasteiger partial charge in [0.2, 0.25) is 0 Å². The largest absolute Gasteiger partial charge is 0.0767 e. The Morgan fingerprint density at radius 2 is 1.70 bits per heavy atom. The number of allylic oxidation sites excluding steroid dienone is 4. The summed E-state index contributed by atoms with van der Waals surface area (Å²) in [6, 6.07) is 15.7. The molecular weight excluding hydrogens is 276 g/mol. The fourth-order valence-electron chi connectivity index (χ4n) is 3.86. The van der Waals surface area contributed by atoms with Gasteiger partial charge in [-0.25, -0.2) is 0 Å². The summed E-state index contributed by atoms with van der Waals surface area (Å²) in [5, 5.41) is 0. The summed E-state index contributed by atoms with van der Waals surface area (Å²) in [5.74, 6) is 0. The third-order valence-electron chi connectivity index (χ3n) is 5.18. The molecule has 2 aliphatic carbocycles. The molecule has 0 bridgehead atoms. The Labute approximate surface area is 139 Å². The molecule has 0 aliphatic heterocycles. The van der Waals surface area contributed by atoms with Gasteiger partial charge < -0.3 is 0 Å². The van der Waals surface area contributed by atoms with Gasteiger partial charge in [-0.1, -0.05) is 81.0 Å². The monoisotopic (exact) mass is 300 g/mol. The van der Waals surface area contributed by atoms with Crippen LogP contribution in [0.2, 0.25) is 0 Å². The van der Waals surface area contributed by atoms with Gasteiger partial charge in [0.05, 0.1) is 0 Å². The average molecular weight is 300 g/mol. The highest BCUT2D eigenvalue weighted by Crippen LogP contribution is 2.40. The zero-order valence-electron chi connectivity index (χ0n) is 14.3. The van der Waals surface area contributed by atoms with Gasteiger partial charge in [0, 0.05) is 0 Å². The van der Waals surface area contributed by atoms with E-state index in [0.29, 0.717) is 0 Å². The topological polar surface area (TPSA) is 0 Å². The van der Waals surface area contributed by atoms with Gasteiger partial charge in [-0.05, 0) is 58.1 Å². The molecule has 4 rings (SSSR count). The van der Waals surface area contributed by atoms with Gasteiger partial charge in [-0.2, -0.15) is 0 Å². The van der Waals surface area contributed by atoms with Gasteiger partial charge >= 0.3 is 0 Å². The highest BCUT2D eigenvalue weighted by Gasteiger charge is 2.22. The minimum atomic E-state index is 0.261. The van der Waals surface area contributed by atoms with Crippen LogP contribution in [0.15, 0.2) is 65.8 Å². The van der Waals surface area contributed by atoms with Crippen LogP contribution < -0.4 is 0 Å². The summed E-state index contributed by atoms with van der Waals surface area (Å²) in [6.07, 6.45) is 8.14. The average Bonchev–Trinajstić information content (AvgIpc) is 3.12. The van der Waals surface area contributed by atoms with Crippen molar-refractivity contribution in [2.45, 2.75) is 40.0 Å². The molecule has 0 heteroatoms. The molecule has 0 N–H and O–H groups in total. The number of rotatable bonds is 2. The highest BCUT2D eigenvalue weighted by atomic mass is 14.3. The molecule has 23 heavy (non-hydrogen) atoms. The molecule has 0 spiro atoms. The Hall–Kier alpha value is -2.08. The van der Waals surface area contributed by atoms with E-state index in [0.717, 1.165) is 19.3 Å². The molecule has 0 amide bonds. The van der Waals surface area contributed by atoms with Crippen LogP contribution in [-0.2, 0) is 12.8 Å². The highest BCUT2D eigenvalue weighted by molar-refractivity contribution is 5.78. The Kier molecular flexibility index (Phi) is 3.30. The normalized spacial score (nSPS) is 16.0. The van der Waals surface area contributed by atoms with E-state index in [1.807, 2.05) is 0 Å². The van der Waals surface area contributed by atoms with Crippen LogP contribution in [0.4, 0.5) is 0 Å². The van der Waals surface area contributed by atoms with Crippen LogP contribution in [0.1, 0.15) is 43.9 Å². The Balaban J connectivity index is 1.64. The number of hydrogen-bond acceptors (Lipinski definition) is 0. The van der Waals surface area contributed by atoms with Crippen molar-refractivity contribution in [3.05, 3.63) is 82.5 Å². The molecule has 0 unspecified atom stereocenters. The molecule has 0 atom stereocenters. The van der Waals surface area contributed by atoms with E-state index in [4.69, 9.17) is 0 Å². The van der Waals surface area contributed by atoms with E-state index in [9.17, 15) is 0 Å². The molecule has 0 saturated carbocycles. The molecule has 0 radical (unpaired) electrons. The first kappa shape index (κ1) is 14.5. The molecule has 2 aromatic rings. The predicted molar refractivity (Wildman–Crippen MR) is 98.6 cm³/mol. The summed E-state index contributed by atoms with van der Waals surface area (Å²) < 4.78 is 0. The molecule has 0 nitrogen and oxygen atoms in total. The first-order valence-electron chi connectivity index (χ1n) is 8.61. The van der Waals surface area contributed by atoms with E-state index in [1.165, 1.54) is 27.8 Å². The number of hydrogen-bond donors (Lipinski definition) is 0. The van der Waals surface area contributed by atoms with Crippen molar-refractivity contribution in [2.24, 2.45) is 5.41 Å². The summed E-state index contributed by atoms with van der Waals surface area (Å²) in [4.78, 5) is 0. The first-order valence-corrected chi connectivity index (χ1v) is 8.61. The van der Waals surface area contributed by atoms with Gasteiger partial charge in [0.1, 0.15) is 0 Å². The lowest BCUT2D eigenvalue weighted by molar-refractivity contribution is 0.517. The van der Waals surface area contributed by atoms with Crippen molar-refractivity contribution >= 4 is 0 Å². The van der Waals surface area contributed by atoms with Crippen LogP contribution in [0.5, 0.6) is 0 Å². The molecule has 0 saturated heterocycles. The standard InChI is InChI=1S/C23H24/c1-23(2,3)19-12-11-16(14-19)13-17-8-6-10-21-20-9-5-4-7-18(20)15-22(17)21/h4-10,12,14H,11,13,15H2,1-3H3. The van der Waals surface area contributed by atoms with Gasteiger partial charge in [0.15, 0.2) is 0 Å². The molecule has 116 valence electrons. The second-order valence-corrected chi connectivity index (χ2v) is 7.87. The lowest BCUT2D eigenvalue weighted by Gasteiger charge is -2.18. The maximum atomic E-state index is 2.43. The predicted octanol–water partition coefficient (Wildman–Crippen LogP) is 6.10. The van der Waals surface area contributed by atoms with Crippen molar-refractivity contribution in [3.63, 3.8) is 0 Å². The number of benzene rings is 2. The van der Waals surface area contributed by atoms with E-state index in [1.54, 1.807) is 11.1 Å². The van der Waals surface area contributed by atoms with Crippen LogP contribution >= 0.6 is 0 Å². The molecular formula is C23H24. The third-order valence-corrected chi connectivity index (χ3v) is 5.18. The van der Waals surface area contributed by atoms with E-state index in [2.05, 4.69) is 75.4 Å². The Morgan fingerprint density at radius 1 is 0.913 bits per heavy atom. The van der Waals surface area contributed by atoms with Crippen molar-refractivity contribution in [1.82, 2.24) is 0 Å². The molecule has 0 aromatic heterocycles. The Morgan fingerprint density at radius 3 is 2.48 bits per heavy atom. The van der Waals surface area contributed by atoms with Gasteiger partial charge in [0.25, 0.3) is 0 Å². The lowest BCUT2D eigenvalue weighted by Crippen LogP contribution is -2.06. The van der Waals surface area contributed by atoms with Crippen molar-refractivity contribution < 1.29 is 0 Å². The maximum Gasteiger partial charge on any atom is -0.00106 e. The van der Waals surface area contributed by atoms with Crippen molar-refractivity contribution in [3.8, 4) is 11.1 Å². The van der Waals surface area contributed by atoms with Crippen LogP contribution in [-0.4, -0.2) is 0 Å². The zero-order valence-corrected chi connectivity index (χ0v) is 14.3. The molecule has 2 aliphatic rings. The second-order valence-electron chi connectivity index (χ2n) is 7.87. The first-order chi connectivity index (χ1) is 11.0. The molecule has 0 fully saturated rings. The molecule has 2 aromatic carbocycles. The summed E-state index contributed by atoms with van der Waals surface area (Å²) in [5.41, 5.74) is 10.7. The maximum absolute atomic E-state index is 2.43. The minimum Gasteiger partial charge on any atom is -0.0767 e. The summed E-state index contributed by atoms with van der Waals surface area (Å²) in [7, 11) is 0. The minimum absolute atomic E-state index is 0.261. The van der Waals surface area contributed by atoms with Crippen molar-refractivity contribution in [2.75, 3.05) is 0 Å².